The van der Waals surface area contributed by atoms with Crippen molar-refractivity contribution in [1.29, 1.82) is 0 Å². The van der Waals surface area contributed by atoms with E-state index in [1.54, 1.807) is 0 Å². The Morgan fingerprint density at radius 1 is 0.667 bits per heavy atom. The number of rotatable bonds is 14. The molecular formula is C18H32O6S3. The van der Waals surface area contributed by atoms with Gasteiger partial charge in [-0.3, -0.25) is 14.4 Å². The van der Waals surface area contributed by atoms with Crippen LogP contribution in [0, 0.1) is 0 Å². The molecule has 6 nitrogen and oxygen atoms in total. The lowest BCUT2D eigenvalue weighted by molar-refractivity contribution is -0.166. The second kappa shape index (κ2) is 15.4. The van der Waals surface area contributed by atoms with Crippen molar-refractivity contribution in [1.82, 2.24) is 0 Å². The SMILES string of the molecule is CCCC(S)C(=O)OCC(COC(=O)C(S)CCC)OC(=O)C(S)CCC. The number of carbonyl (C=O) groups excluding carboxylic acids is 3. The second-order valence-corrected chi connectivity index (χ2v) is 8.10. The van der Waals surface area contributed by atoms with Crippen LogP contribution in [0.15, 0.2) is 0 Å². The fourth-order valence-electron chi connectivity index (χ4n) is 2.08. The molecule has 0 saturated carbocycles. The van der Waals surface area contributed by atoms with Crippen molar-refractivity contribution >= 4 is 55.8 Å². The van der Waals surface area contributed by atoms with Crippen LogP contribution in [0.25, 0.3) is 0 Å². The highest BCUT2D eigenvalue weighted by molar-refractivity contribution is 7.82. The van der Waals surface area contributed by atoms with E-state index in [2.05, 4.69) is 37.9 Å². The maximum absolute atomic E-state index is 12.1. The van der Waals surface area contributed by atoms with Crippen molar-refractivity contribution in [2.75, 3.05) is 13.2 Å². The highest BCUT2D eigenvalue weighted by Gasteiger charge is 2.25. The minimum Gasteiger partial charge on any atom is -0.461 e. The van der Waals surface area contributed by atoms with Gasteiger partial charge in [-0.1, -0.05) is 40.0 Å². The fraction of sp³-hybridized carbons (Fsp3) is 0.833. The molecule has 0 heterocycles. The standard InChI is InChI=1S/C18H32O6S3/c1-4-7-13(25)16(19)22-10-12(24-18(21)15(27)9-6-3)11-23-17(20)14(26)8-5-2/h12-15,25-27H,4-11H2,1-3H3. The molecule has 0 aromatic rings. The molecule has 0 amide bonds. The molecule has 0 radical (unpaired) electrons. The second-order valence-electron chi connectivity index (χ2n) is 6.23. The topological polar surface area (TPSA) is 78.9 Å². The van der Waals surface area contributed by atoms with Crippen LogP contribution in [0.5, 0.6) is 0 Å². The fourth-order valence-corrected chi connectivity index (χ4v) is 3.06. The van der Waals surface area contributed by atoms with Gasteiger partial charge >= 0.3 is 17.9 Å². The number of hydrogen-bond donors (Lipinski definition) is 3. The van der Waals surface area contributed by atoms with Gasteiger partial charge in [0.05, 0.1) is 15.7 Å². The lowest BCUT2D eigenvalue weighted by atomic mass is 10.2. The highest BCUT2D eigenvalue weighted by Crippen LogP contribution is 2.12. The van der Waals surface area contributed by atoms with Crippen LogP contribution < -0.4 is 0 Å². The van der Waals surface area contributed by atoms with E-state index in [1.165, 1.54) is 0 Å². The average molecular weight is 441 g/mol. The van der Waals surface area contributed by atoms with E-state index in [1.807, 2.05) is 20.8 Å². The molecule has 0 fully saturated rings. The molecule has 3 unspecified atom stereocenters. The number of carbonyl (C=O) groups is 3. The van der Waals surface area contributed by atoms with Gasteiger partial charge in [-0.25, -0.2) is 0 Å². The summed E-state index contributed by atoms with van der Waals surface area (Å²) in [5, 5.41) is -1.67. The normalized spacial score (nSPS) is 15.3. The van der Waals surface area contributed by atoms with Crippen LogP contribution in [-0.2, 0) is 28.6 Å². The smallest absolute Gasteiger partial charge is 0.319 e. The van der Waals surface area contributed by atoms with Crippen molar-refractivity contribution in [2.45, 2.75) is 81.1 Å². The van der Waals surface area contributed by atoms with E-state index in [-0.39, 0.29) is 13.2 Å². The molecule has 0 saturated heterocycles. The Labute approximate surface area is 178 Å². The van der Waals surface area contributed by atoms with Crippen LogP contribution in [-0.4, -0.2) is 53.0 Å². The first kappa shape index (κ1) is 26.5. The summed E-state index contributed by atoms with van der Waals surface area (Å²) in [6, 6.07) is 0. The van der Waals surface area contributed by atoms with Crippen LogP contribution in [0.2, 0.25) is 0 Å². The van der Waals surface area contributed by atoms with Crippen molar-refractivity contribution in [3.8, 4) is 0 Å². The molecule has 0 aliphatic heterocycles. The predicted octanol–water partition coefficient (Wildman–Crippen LogP) is 3.28. The van der Waals surface area contributed by atoms with Gasteiger partial charge in [0.1, 0.15) is 13.2 Å². The third-order valence-corrected chi connectivity index (χ3v) is 5.02. The third kappa shape index (κ3) is 11.8. The molecule has 9 heteroatoms. The largest absolute Gasteiger partial charge is 0.461 e. The van der Waals surface area contributed by atoms with Crippen LogP contribution in [0.4, 0.5) is 0 Å². The maximum Gasteiger partial charge on any atom is 0.319 e. The summed E-state index contributed by atoms with van der Waals surface area (Å²) < 4.78 is 15.7. The third-order valence-electron chi connectivity index (χ3n) is 3.61. The van der Waals surface area contributed by atoms with Gasteiger partial charge in [-0.2, -0.15) is 37.9 Å². The Balaban J connectivity index is 4.76. The number of esters is 3. The van der Waals surface area contributed by atoms with Gasteiger partial charge in [-0.05, 0) is 19.3 Å². The van der Waals surface area contributed by atoms with E-state index in [0.717, 1.165) is 19.3 Å². The van der Waals surface area contributed by atoms with Crippen LogP contribution >= 0.6 is 37.9 Å². The molecule has 0 aliphatic rings. The zero-order valence-electron chi connectivity index (χ0n) is 16.3. The molecule has 0 rings (SSSR count). The minimum atomic E-state index is -0.902. The molecule has 0 aromatic heterocycles. The highest BCUT2D eigenvalue weighted by atomic mass is 32.1. The minimum absolute atomic E-state index is 0.212. The van der Waals surface area contributed by atoms with E-state index in [0.29, 0.717) is 19.3 Å². The van der Waals surface area contributed by atoms with Crippen molar-refractivity contribution < 1.29 is 28.6 Å². The summed E-state index contributed by atoms with van der Waals surface area (Å²) in [6.07, 6.45) is 3.16. The molecular weight excluding hydrogens is 408 g/mol. The summed E-state index contributed by atoms with van der Waals surface area (Å²) in [4.78, 5) is 35.9. The molecule has 27 heavy (non-hydrogen) atoms. The predicted molar refractivity (Wildman–Crippen MR) is 115 cm³/mol. The average Bonchev–Trinajstić information content (AvgIpc) is 2.63. The Bertz CT molecular complexity index is 432. The monoisotopic (exact) mass is 440 g/mol. The summed E-state index contributed by atoms with van der Waals surface area (Å²) in [6.45, 7) is 5.38. The number of ether oxygens (including phenoxy) is 3. The van der Waals surface area contributed by atoms with Gasteiger partial charge in [0.15, 0.2) is 6.10 Å². The van der Waals surface area contributed by atoms with Crippen molar-refractivity contribution in [2.24, 2.45) is 0 Å². The molecule has 0 aromatic carbocycles. The van der Waals surface area contributed by atoms with E-state index >= 15 is 0 Å². The van der Waals surface area contributed by atoms with Crippen LogP contribution in [0.1, 0.15) is 59.3 Å². The first-order valence-corrected chi connectivity index (χ1v) is 10.9. The maximum atomic E-state index is 12.1. The first-order valence-electron chi connectivity index (χ1n) is 9.34. The Morgan fingerprint density at radius 3 is 1.33 bits per heavy atom. The quantitative estimate of drug-likeness (QED) is 0.219. The summed E-state index contributed by atoms with van der Waals surface area (Å²) in [7, 11) is 0. The molecule has 0 N–H and O–H groups in total. The number of thiol groups is 3. The molecule has 0 spiro atoms. The lowest BCUT2D eigenvalue weighted by Gasteiger charge is -2.21. The summed E-state index contributed by atoms with van der Waals surface area (Å²) in [5.74, 6) is -1.53. The molecule has 0 bridgehead atoms. The zero-order chi connectivity index (χ0) is 20.8. The molecule has 0 aliphatic carbocycles. The summed E-state index contributed by atoms with van der Waals surface area (Å²) >= 11 is 12.6. The molecule has 3 atom stereocenters. The van der Waals surface area contributed by atoms with E-state index < -0.39 is 39.8 Å². The Hall–Kier alpha value is -0.540. The van der Waals surface area contributed by atoms with Gasteiger partial charge < -0.3 is 14.2 Å². The Morgan fingerprint density at radius 2 is 1.00 bits per heavy atom. The first-order chi connectivity index (χ1) is 12.8. The van der Waals surface area contributed by atoms with Gasteiger partial charge in [0, 0.05) is 0 Å². The van der Waals surface area contributed by atoms with E-state index in [4.69, 9.17) is 14.2 Å². The van der Waals surface area contributed by atoms with Crippen LogP contribution in [0.3, 0.4) is 0 Å². The number of hydrogen-bond acceptors (Lipinski definition) is 9. The van der Waals surface area contributed by atoms with Crippen molar-refractivity contribution in [3.05, 3.63) is 0 Å². The van der Waals surface area contributed by atoms with Gasteiger partial charge in [-0.15, -0.1) is 0 Å². The molecule has 158 valence electrons. The zero-order valence-corrected chi connectivity index (χ0v) is 18.9. The van der Waals surface area contributed by atoms with Crippen molar-refractivity contribution in [3.63, 3.8) is 0 Å². The van der Waals surface area contributed by atoms with E-state index in [9.17, 15) is 14.4 Å². The van der Waals surface area contributed by atoms with Gasteiger partial charge in [0.2, 0.25) is 0 Å². The Kier molecular flexibility index (Phi) is 15.1. The summed E-state index contributed by atoms with van der Waals surface area (Å²) in [5.41, 5.74) is 0. The van der Waals surface area contributed by atoms with Gasteiger partial charge in [0.25, 0.3) is 0 Å². The lowest BCUT2D eigenvalue weighted by Crippen LogP contribution is -2.35.